The summed E-state index contributed by atoms with van der Waals surface area (Å²) in [6.45, 7) is 6.97. The molecule has 0 aromatic rings. The third-order valence-corrected chi connectivity index (χ3v) is 3.89. The number of allylic oxidation sites excluding steroid dienone is 1. The van der Waals surface area contributed by atoms with Gasteiger partial charge in [0.15, 0.2) is 5.78 Å². The first-order valence-electron chi connectivity index (χ1n) is 6.62. The molecular formula is C15H24O3. The van der Waals surface area contributed by atoms with Gasteiger partial charge in [0.25, 0.3) is 0 Å². The van der Waals surface area contributed by atoms with Crippen molar-refractivity contribution >= 4 is 11.6 Å². The van der Waals surface area contributed by atoms with Gasteiger partial charge in [-0.05, 0) is 58.1 Å². The number of carbonyl (C=O) groups is 2. The van der Waals surface area contributed by atoms with Crippen LogP contribution in [0.15, 0.2) is 11.6 Å². The molecule has 3 heteroatoms. The van der Waals surface area contributed by atoms with E-state index in [1.165, 1.54) is 0 Å². The molecular weight excluding hydrogens is 228 g/mol. The first-order valence-corrected chi connectivity index (χ1v) is 6.62. The van der Waals surface area contributed by atoms with Gasteiger partial charge >= 0.3 is 0 Å². The minimum absolute atomic E-state index is 0.0921. The summed E-state index contributed by atoms with van der Waals surface area (Å²) in [5.41, 5.74) is -0.447. The molecule has 0 saturated carbocycles. The van der Waals surface area contributed by atoms with E-state index in [0.29, 0.717) is 6.42 Å². The molecule has 18 heavy (non-hydrogen) atoms. The zero-order valence-electron chi connectivity index (χ0n) is 11.9. The van der Waals surface area contributed by atoms with E-state index >= 15 is 0 Å². The standard InChI is InChI=1S/C15H24O3/c1-11(16)6-5-8-15(4)9-7-12(10-13(15)17)14(2,3)18/h10,18H,5-9H2,1-4H3. The van der Waals surface area contributed by atoms with Crippen LogP contribution in [0.1, 0.15) is 59.8 Å². The van der Waals surface area contributed by atoms with Crippen LogP contribution in [0, 0.1) is 5.41 Å². The Morgan fingerprint density at radius 3 is 2.56 bits per heavy atom. The second kappa shape index (κ2) is 5.35. The van der Waals surface area contributed by atoms with Crippen LogP contribution in [-0.4, -0.2) is 22.3 Å². The van der Waals surface area contributed by atoms with Crippen molar-refractivity contribution in [3.8, 4) is 0 Å². The molecule has 0 aromatic heterocycles. The third-order valence-electron chi connectivity index (χ3n) is 3.89. The van der Waals surface area contributed by atoms with E-state index in [1.807, 2.05) is 6.92 Å². The van der Waals surface area contributed by atoms with Gasteiger partial charge in [0.05, 0.1) is 5.60 Å². The number of rotatable bonds is 5. The lowest BCUT2D eigenvalue weighted by Gasteiger charge is -2.34. The molecule has 1 N–H and O–H groups in total. The molecule has 0 bridgehead atoms. The largest absolute Gasteiger partial charge is 0.386 e. The van der Waals surface area contributed by atoms with Crippen molar-refractivity contribution in [1.29, 1.82) is 0 Å². The van der Waals surface area contributed by atoms with E-state index in [9.17, 15) is 14.7 Å². The molecule has 0 fully saturated rings. The quantitative estimate of drug-likeness (QED) is 0.818. The molecule has 0 aliphatic heterocycles. The summed E-state index contributed by atoms with van der Waals surface area (Å²) in [4.78, 5) is 23.1. The van der Waals surface area contributed by atoms with Gasteiger partial charge in [-0.2, -0.15) is 0 Å². The minimum Gasteiger partial charge on any atom is -0.386 e. The highest BCUT2D eigenvalue weighted by atomic mass is 16.3. The van der Waals surface area contributed by atoms with Gasteiger partial charge in [0, 0.05) is 11.8 Å². The Labute approximate surface area is 109 Å². The van der Waals surface area contributed by atoms with E-state index in [2.05, 4.69) is 0 Å². The van der Waals surface area contributed by atoms with Crippen LogP contribution in [0.25, 0.3) is 0 Å². The van der Waals surface area contributed by atoms with Crippen molar-refractivity contribution in [2.45, 2.75) is 65.4 Å². The van der Waals surface area contributed by atoms with Crippen LogP contribution in [0.4, 0.5) is 0 Å². The normalized spacial score (nSPS) is 24.9. The Balaban J connectivity index is 2.69. The molecule has 0 spiro atoms. The van der Waals surface area contributed by atoms with Crippen molar-refractivity contribution < 1.29 is 14.7 Å². The Hall–Kier alpha value is -0.960. The zero-order chi connectivity index (χ0) is 14.0. The maximum Gasteiger partial charge on any atom is 0.161 e. The summed E-state index contributed by atoms with van der Waals surface area (Å²) in [6.07, 6.45) is 5.19. The highest BCUT2D eigenvalue weighted by Gasteiger charge is 2.37. The fourth-order valence-electron chi connectivity index (χ4n) is 2.40. The lowest BCUT2D eigenvalue weighted by atomic mass is 9.70. The van der Waals surface area contributed by atoms with Crippen LogP contribution in [0.5, 0.6) is 0 Å². The van der Waals surface area contributed by atoms with Crippen LogP contribution >= 0.6 is 0 Å². The van der Waals surface area contributed by atoms with Gasteiger partial charge in [0.2, 0.25) is 0 Å². The van der Waals surface area contributed by atoms with Gasteiger partial charge < -0.3 is 9.90 Å². The average molecular weight is 252 g/mol. The molecule has 1 unspecified atom stereocenters. The van der Waals surface area contributed by atoms with Crippen molar-refractivity contribution in [2.24, 2.45) is 5.41 Å². The second-order valence-electron chi connectivity index (χ2n) is 6.21. The summed E-state index contributed by atoms with van der Waals surface area (Å²) in [5, 5.41) is 9.91. The second-order valence-corrected chi connectivity index (χ2v) is 6.21. The molecule has 0 aromatic carbocycles. The molecule has 0 amide bonds. The Morgan fingerprint density at radius 1 is 1.50 bits per heavy atom. The number of Topliss-reactive ketones (excluding diaryl/α,β-unsaturated/α-hetero) is 1. The predicted octanol–water partition coefficient (Wildman–Crippen LogP) is 2.81. The monoisotopic (exact) mass is 252 g/mol. The summed E-state index contributed by atoms with van der Waals surface area (Å²) in [6, 6.07) is 0. The first kappa shape index (κ1) is 15.1. The first-order chi connectivity index (χ1) is 8.15. The maximum atomic E-state index is 12.2. The Morgan fingerprint density at radius 2 is 2.11 bits per heavy atom. The Bertz CT molecular complexity index is 374. The number of hydrogen-bond donors (Lipinski definition) is 1. The summed E-state index contributed by atoms with van der Waals surface area (Å²) in [5.74, 6) is 0.268. The third kappa shape index (κ3) is 3.77. The summed E-state index contributed by atoms with van der Waals surface area (Å²) in [7, 11) is 0. The molecule has 3 nitrogen and oxygen atoms in total. The van der Waals surface area contributed by atoms with Crippen molar-refractivity contribution in [3.63, 3.8) is 0 Å². The van der Waals surface area contributed by atoms with Crippen LogP contribution < -0.4 is 0 Å². The summed E-state index contributed by atoms with van der Waals surface area (Å²) >= 11 is 0. The van der Waals surface area contributed by atoms with Crippen molar-refractivity contribution in [3.05, 3.63) is 11.6 Å². The molecule has 0 saturated heterocycles. The predicted molar refractivity (Wildman–Crippen MR) is 71.3 cm³/mol. The van der Waals surface area contributed by atoms with Crippen LogP contribution in [0.2, 0.25) is 0 Å². The average Bonchev–Trinajstić information content (AvgIpc) is 2.20. The molecule has 0 heterocycles. The Kier molecular flexibility index (Phi) is 4.49. The molecule has 1 rings (SSSR count). The van der Waals surface area contributed by atoms with E-state index in [-0.39, 0.29) is 17.0 Å². The number of carbonyl (C=O) groups excluding carboxylic acids is 2. The fourth-order valence-corrected chi connectivity index (χ4v) is 2.40. The van der Waals surface area contributed by atoms with Crippen molar-refractivity contribution in [1.82, 2.24) is 0 Å². The van der Waals surface area contributed by atoms with Gasteiger partial charge in [0.1, 0.15) is 5.78 Å². The van der Waals surface area contributed by atoms with Gasteiger partial charge in [-0.1, -0.05) is 6.92 Å². The smallest absolute Gasteiger partial charge is 0.161 e. The van der Waals surface area contributed by atoms with Crippen LogP contribution in [-0.2, 0) is 9.59 Å². The highest BCUT2D eigenvalue weighted by molar-refractivity contribution is 5.96. The van der Waals surface area contributed by atoms with Crippen LogP contribution in [0.3, 0.4) is 0 Å². The molecule has 1 atom stereocenters. The highest BCUT2D eigenvalue weighted by Crippen LogP contribution is 2.39. The lowest BCUT2D eigenvalue weighted by molar-refractivity contribution is -0.125. The zero-order valence-corrected chi connectivity index (χ0v) is 11.9. The molecule has 1 aliphatic carbocycles. The van der Waals surface area contributed by atoms with Gasteiger partial charge in [-0.15, -0.1) is 0 Å². The van der Waals surface area contributed by atoms with Gasteiger partial charge in [-0.3, -0.25) is 4.79 Å². The van der Waals surface area contributed by atoms with E-state index in [4.69, 9.17) is 0 Å². The number of hydrogen-bond acceptors (Lipinski definition) is 3. The maximum absolute atomic E-state index is 12.2. The molecule has 1 aliphatic rings. The van der Waals surface area contributed by atoms with E-state index < -0.39 is 5.60 Å². The van der Waals surface area contributed by atoms with Gasteiger partial charge in [-0.25, -0.2) is 0 Å². The molecule has 102 valence electrons. The fraction of sp³-hybridized carbons (Fsp3) is 0.733. The topological polar surface area (TPSA) is 54.4 Å². The number of aliphatic hydroxyl groups is 1. The van der Waals surface area contributed by atoms with E-state index in [1.54, 1.807) is 26.8 Å². The lowest BCUT2D eigenvalue weighted by Crippen LogP contribution is -2.34. The minimum atomic E-state index is -0.906. The van der Waals surface area contributed by atoms with E-state index in [0.717, 1.165) is 31.3 Å². The summed E-state index contributed by atoms with van der Waals surface area (Å²) < 4.78 is 0. The SMILES string of the molecule is CC(=O)CCCC1(C)CCC(C(C)(C)O)=CC1=O. The molecule has 0 radical (unpaired) electrons. The number of ketones is 2. The van der Waals surface area contributed by atoms with Crippen molar-refractivity contribution in [2.75, 3.05) is 0 Å².